The number of hydrazone groups is 1. The van der Waals surface area contributed by atoms with Crippen LogP contribution in [-0.4, -0.2) is 18.7 Å². The van der Waals surface area contributed by atoms with Gasteiger partial charge in [0.25, 0.3) is 5.91 Å². The fourth-order valence-corrected chi connectivity index (χ4v) is 3.57. The van der Waals surface area contributed by atoms with Gasteiger partial charge in [-0.25, -0.2) is 5.43 Å². The molecule has 6 heteroatoms. The number of hydrogen-bond acceptors (Lipinski definition) is 4. The van der Waals surface area contributed by atoms with Gasteiger partial charge < -0.3 is 9.47 Å². The number of para-hydroxylation sites is 1. The highest BCUT2D eigenvalue weighted by Gasteiger charge is 2.08. The lowest BCUT2D eigenvalue weighted by Gasteiger charge is -2.09. The van der Waals surface area contributed by atoms with Gasteiger partial charge in [0.15, 0.2) is 6.61 Å². The van der Waals surface area contributed by atoms with E-state index in [2.05, 4.69) is 26.5 Å². The van der Waals surface area contributed by atoms with Gasteiger partial charge >= 0.3 is 0 Å². The minimum atomic E-state index is -0.354. The van der Waals surface area contributed by atoms with Crippen molar-refractivity contribution in [1.82, 2.24) is 5.43 Å². The highest BCUT2D eigenvalue weighted by Crippen LogP contribution is 2.32. The Morgan fingerprint density at radius 2 is 1.68 bits per heavy atom. The van der Waals surface area contributed by atoms with Crippen molar-refractivity contribution < 1.29 is 14.3 Å². The number of carbonyl (C=O) groups excluding carboxylic acids is 1. The Kier molecular flexibility index (Phi) is 6.59. The molecule has 4 aromatic rings. The van der Waals surface area contributed by atoms with Gasteiger partial charge in [0, 0.05) is 0 Å². The van der Waals surface area contributed by atoms with Crippen molar-refractivity contribution in [3.63, 3.8) is 0 Å². The van der Waals surface area contributed by atoms with Crippen molar-refractivity contribution in [3.05, 3.63) is 101 Å². The third-order valence-electron chi connectivity index (χ3n) is 4.43. The lowest BCUT2D eigenvalue weighted by atomic mass is 10.1. The summed E-state index contributed by atoms with van der Waals surface area (Å²) < 4.78 is 12.3. The molecule has 0 atom stereocenters. The molecular weight excluding hydrogens is 456 g/mol. The van der Waals surface area contributed by atoms with Crippen LogP contribution in [0.5, 0.6) is 17.2 Å². The van der Waals surface area contributed by atoms with E-state index in [0.717, 1.165) is 26.6 Å². The molecule has 0 unspecified atom stereocenters. The Balaban J connectivity index is 1.32. The van der Waals surface area contributed by atoms with E-state index >= 15 is 0 Å². The van der Waals surface area contributed by atoms with Crippen LogP contribution in [0, 0.1) is 0 Å². The molecule has 0 saturated carbocycles. The van der Waals surface area contributed by atoms with Crippen molar-refractivity contribution >= 4 is 38.8 Å². The molecule has 4 rings (SSSR count). The molecule has 1 N–H and O–H groups in total. The predicted octanol–water partition coefficient (Wildman–Crippen LogP) is 5.92. The smallest absolute Gasteiger partial charge is 0.277 e. The van der Waals surface area contributed by atoms with Crippen LogP contribution >= 0.6 is 15.9 Å². The molecule has 0 radical (unpaired) electrons. The Bertz CT molecular complexity index is 1230. The monoisotopic (exact) mass is 474 g/mol. The predicted molar refractivity (Wildman–Crippen MR) is 126 cm³/mol. The third-order valence-corrected chi connectivity index (χ3v) is 5.24. The summed E-state index contributed by atoms with van der Waals surface area (Å²) in [6.07, 6.45) is 1.56. The number of nitrogens with zero attached hydrogens (tertiary/aromatic N) is 1. The first-order valence-corrected chi connectivity index (χ1v) is 10.4. The second-order valence-corrected chi connectivity index (χ2v) is 7.46. The minimum absolute atomic E-state index is 0.147. The van der Waals surface area contributed by atoms with Crippen LogP contribution in [0.3, 0.4) is 0 Å². The summed E-state index contributed by atoms with van der Waals surface area (Å²) in [5.41, 5.74) is 3.27. The van der Waals surface area contributed by atoms with Crippen LogP contribution < -0.4 is 14.9 Å². The maximum Gasteiger partial charge on any atom is 0.277 e. The van der Waals surface area contributed by atoms with Gasteiger partial charge in [-0.3, -0.25) is 4.79 Å². The fraction of sp³-hybridized carbons (Fsp3) is 0.0400. The molecule has 4 aromatic carbocycles. The van der Waals surface area contributed by atoms with Crippen LogP contribution in [0.25, 0.3) is 10.8 Å². The third kappa shape index (κ3) is 5.49. The van der Waals surface area contributed by atoms with Crippen LogP contribution in [-0.2, 0) is 4.79 Å². The fourth-order valence-electron chi connectivity index (χ4n) is 2.96. The number of fused-ring (bicyclic) bond motifs is 1. The minimum Gasteiger partial charge on any atom is -0.483 e. The van der Waals surface area contributed by atoms with Gasteiger partial charge in [-0.05, 0) is 62.6 Å². The van der Waals surface area contributed by atoms with E-state index in [1.165, 1.54) is 0 Å². The zero-order chi connectivity index (χ0) is 21.5. The molecule has 0 aliphatic heterocycles. The maximum atomic E-state index is 12.1. The van der Waals surface area contributed by atoms with Crippen molar-refractivity contribution in [1.29, 1.82) is 0 Å². The molecule has 0 bridgehead atoms. The summed E-state index contributed by atoms with van der Waals surface area (Å²) >= 11 is 3.55. The SMILES string of the molecule is O=C(COc1ccc2ccccc2c1Br)NN=Cc1cccc(Oc2ccccc2)c1. The second-order valence-electron chi connectivity index (χ2n) is 6.67. The number of amides is 1. The second kappa shape index (κ2) is 9.91. The van der Waals surface area contributed by atoms with Crippen molar-refractivity contribution in [3.8, 4) is 17.2 Å². The quantitative estimate of drug-likeness (QED) is 0.267. The van der Waals surface area contributed by atoms with Crippen LogP contribution in [0.15, 0.2) is 101 Å². The summed E-state index contributed by atoms with van der Waals surface area (Å²) in [7, 11) is 0. The van der Waals surface area contributed by atoms with Crippen LogP contribution in [0.1, 0.15) is 5.56 Å². The number of nitrogens with one attached hydrogen (secondary N) is 1. The van der Waals surface area contributed by atoms with Gasteiger partial charge in [-0.1, -0.05) is 60.7 Å². The van der Waals surface area contributed by atoms with E-state index in [1.807, 2.05) is 91.0 Å². The normalized spacial score (nSPS) is 10.9. The lowest BCUT2D eigenvalue weighted by molar-refractivity contribution is -0.123. The molecule has 0 heterocycles. The number of benzene rings is 4. The molecule has 0 spiro atoms. The molecule has 31 heavy (non-hydrogen) atoms. The summed E-state index contributed by atoms with van der Waals surface area (Å²) in [4.78, 5) is 12.1. The molecule has 1 amide bonds. The maximum absolute atomic E-state index is 12.1. The zero-order valence-electron chi connectivity index (χ0n) is 16.5. The molecule has 154 valence electrons. The number of ether oxygens (including phenoxy) is 2. The molecular formula is C25H19BrN2O3. The highest BCUT2D eigenvalue weighted by molar-refractivity contribution is 9.10. The average molecular weight is 475 g/mol. The number of halogens is 1. The Labute approximate surface area is 188 Å². The molecule has 0 fully saturated rings. The van der Waals surface area contributed by atoms with Gasteiger partial charge in [-0.15, -0.1) is 0 Å². The van der Waals surface area contributed by atoms with Gasteiger partial charge in [0.2, 0.25) is 0 Å². The lowest BCUT2D eigenvalue weighted by Crippen LogP contribution is -2.24. The summed E-state index contributed by atoms with van der Waals surface area (Å²) in [6, 6.07) is 28.7. The van der Waals surface area contributed by atoms with E-state index in [0.29, 0.717) is 11.5 Å². The van der Waals surface area contributed by atoms with Crippen molar-refractivity contribution in [2.75, 3.05) is 6.61 Å². The standard InChI is InChI=1S/C25H19BrN2O3/c26-25-22-12-5-4-8-19(22)13-14-23(25)30-17-24(29)28-27-16-18-7-6-11-21(15-18)31-20-9-2-1-3-10-20/h1-16H,17H2,(H,28,29). The number of hydrogen-bond donors (Lipinski definition) is 1. The van der Waals surface area contributed by atoms with Crippen molar-refractivity contribution in [2.45, 2.75) is 0 Å². The molecule has 0 aliphatic rings. The highest BCUT2D eigenvalue weighted by atomic mass is 79.9. The van der Waals surface area contributed by atoms with E-state index in [4.69, 9.17) is 9.47 Å². The average Bonchev–Trinajstić information content (AvgIpc) is 2.80. The molecule has 0 saturated heterocycles. The first kappa shape index (κ1) is 20.6. The summed E-state index contributed by atoms with van der Waals surface area (Å²) in [5, 5.41) is 6.12. The first-order chi connectivity index (χ1) is 15.2. The first-order valence-electron chi connectivity index (χ1n) is 9.64. The zero-order valence-corrected chi connectivity index (χ0v) is 18.1. The van der Waals surface area contributed by atoms with Crippen LogP contribution in [0.4, 0.5) is 0 Å². The molecule has 0 aliphatic carbocycles. The Morgan fingerprint density at radius 3 is 2.55 bits per heavy atom. The van der Waals surface area contributed by atoms with Crippen molar-refractivity contribution in [2.24, 2.45) is 5.10 Å². The number of carbonyl (C=O) groups is 1. The van der Waals surface area contributed by atoms with Gasteiger partial charge in [0.1, 0.15) is 17.2 Å². The largest absolute Gasteiger partial charge is 0.483 e. The molecule has 5 nitrogen and oxygen atoms in total. The summed E-state index contributed by atoms with van der Waals surface area (Å²) in [5.74, 6) is 1.68. The molecule has 0 aromatic heterocycles. The van der Waals surface area contributed by atoms with Crippen LogP contribution in [0.2, 0.25) is 0 Å². The van der Waals surface area contributed by atoms with E-state index in [1.54, 1.807) is 6.21 Å². The van der Waals surface area contributed by atoms with Gasteiger partial charge in [-0.2, -0.15) is 5.10 Å². The number of rotatable bonds is 7. The van der Waals surface area contributed by atoms with E-state index in [-0.39, 0.29) is 12.5 Å². The Morgan fingerprint density at radius 1 is 0.903 bits per heavy atom. The Hall–Kier alpha value is -3.64. The summed E-state index contributed by atoms with van der Waals surface area (Å²) in [6.45, 7) is -0.147. The topological polar surface area (TPSA) is 59.9 Å². The van der Waals surface area contributed by atoms with E-state index in [9.17, 15) is 4.79 Å². The van der Waals surface area contributed by atoms with E-state index < -0.39 is 0 Å². The van der Waals surface area contributed by atoms with Gasteiger partial charge in [0.05, 0.1) is 10.7 Å².